The van der Waals surface area contributed by atoms with Crippen LogP contribution in [0.1, 0.15) is 22.3 Å². The van der Waals surface area contributed by atoms with Crippen molar-refractivity contribution in [2.75, 3.05) is 46.3 Å². The summed E-state index contributed by atoms with van der Waals surface area (Å²) in [6.07, 6.45) is 0.909. The molecule has 0 bridgehead atoms. The zero-order valence-corrected chi connectivity index (χ0v) is 13.4. The Bertz CT molecular complexity index is 525. The van der Waals surface area contributed by atoms with E-state index >= 15 is 0 Å². The average molecular weight is 302 g/mol. The van der Waals surface area contributed by atoms with E-state index in [0.29, 0.717) is 6.54 Å². The van der Waals surface area contributed by atoms with E-state index in [9.17, 15) is 4.79 Å². The van der Waals surface area contributed by atoms with Crippen LogP contribution in [0.2, 0.25) is 0 Å². The van der Waals surface area contributed by atoms with Crippen molar-refractivity contribution in [3.8, 4) is 0 Å². The molecule has 2 heterocycles. The fourth-order valence-corrected chi connectivity index (χ4v) is 3.22. The van der Waals surface area contributed by atoms with Gasteiger partial charge in [0.25, 0.3) is 5.91 Å². The predicted octanol–water partition coefficient (Wildman–Crippen LogP) is 0.607. The van der Waals surface area contributed by atoms with Gasteiger partial charge in [-0.25, -0.2) is 0 Å². The molecule has 120 valence electrons. The molecule has 0 spiro atoms. The molecule has 2 aliphatic rings. The third kappa shape index (κ3) is 3.66. The molecule has 1 aromatic rings. The molecular weight excluding hydrogens is 276 g/mol. The lowest BCUT2D eigenvalue weighted by Crippen LogP contribution is -2.43. The minimum Gasteiger partial charge on any atom is -0.337 e. The second-order valence-electron chi connectivity index (χ2n) is 6.58. The summed E-state index contributed by atoms with van der Waals surface area (Å²) in [6, 6.07) is 8.21. The minimum absolute atomic E-state index is 0.119. The molecule has 0 saturated carbocycles. The van der Waals surface area contributed by atoms with Crippen LogP contribution in [0.25, 0.3) is 0 Å². The molecule has 1 atom stereocenters. The van der Waals surface area contributed by atoms with E-state index in [1.54, 1.807) is 0 Å². The maximum absolute atomic E-state index is 12.5. The second-order valence-corrected chi connectivity index (χ2v) is 6.58. The SMILES string of the molecule is CN1CCN(Cc2cccc(C(=O)N3CCC(N)C3)c2)CC1. The average Bonchev–Trinajstić information content (AvgIpc) is 2.96. The summed E-state index contributed by atoms with van der Waals surface area (Å²) < 4.78 is 0. The second kappa shape index (κ2) is 6.77. The first kappa shape index (κ1) is 15.5. The summed E-state index contributed by atoms with van der Waals surface area (Å²) in [6.45, 7) is 6.80. The zero-order chi connectivity index (χ0) is 15.5. The van der Waals surface area contributed by atoms with Crippen LogP contribution < -0.4 is 5.73 Å². The number of likely N-dealkylation sites (tertiary alicyclic amines) is 1. The largest absolute Gasteiger partial charge is 0.337 e. The van der Waals surface area contributed by atoms with Gasteiger partial charge in [-0.3, -0.25) is 9.69 Å². The fourth-order valence-electron chi connectivity index (χ4n) is 3.22. The van der Waals surface area contributed by atoms with E-state index in [4.69, 9.17) is 5.73 Å². The van der Waals surface area contributed by atoms with Crippen LogP contribution in [0.4, 0.5) is 0 Å². The Hall–Kier alpha value is -1.43. The molecule has 1 aromatic carbocycles. The minimum atomic E-state index is 0.119. The van der Waals surface area contributed by atoms with Crippen LogP contribution in [0, 0.1) is 0 Å². The van der Waals surface area contributed by atoms with Crippen LogP contribution in [0.3, 0.4) is 0 Å². The number of likely N-dealkylation sites (N-methyl/N-ethyl adjacent to an activating group) is 1. The number of nitrogens with zero attached hydrogens (tertiary/aromatic N) is 3. The van der Waals surface area contributed by atoms with E-state index in [1.807, 2.05) is 23.1 Å². The van der Waals surface area contributed by atoms with Crippen molar-refractivity contribution in [2.24, 2.45) is 5.73 Å². The van der Waals surface area contributed by atoms with Gasteiger partial charge in [-0.1, -0.05) is 12.1 Å². The Morgan fingerprint density at radius 2 is 2.00 bits per heavy atom. The van der Waals surface area contributed by atoms with E-state index < -0.39 is 0 Å². The van der Waals surface area contributed by atoms with Crippen LogP contribution in [0.15, 0.2) is 24.3 Å². The topological polar surface area (TPSA) is 52.8 Å². The van der Waals surface area contributed by atoms with Gasteiger partial charge in [0.15, 0.2) is 0 Å². The number of rotatable bonds is 3. The maximum atomic E-state index is 12.5. The Morgan fingerprint density at radius 1 is 1.23 bits per heavy atom. The molecule has 5 heteroatoms. The van der Waals surface area contributed by atoms with Crippen LogP contribution in [-0.4, -0.2) is 73.0 Å². The number of piperazine rings is 1. The summed E-state index contributed by atoms with van der Waals surface area (Å²) in [5, 5.41) is 0. The smallest absolute Gasteiger partial charge is 0.253 e. The lowest BCUT2D eigenvalue weighted by Gasteiger charge is -2.32. The summed E-state index contributed by atoms with van der Waals surface area (Å²) in [4.78, 5) is 19.2. The molecule has 0 aliphatic carbocycles. The predicted molar refractivity (Wildman–Crippen MR) is 87.7 cm³/mol. The number of hydrogen-bond acceptors (Lipinski definition) is 4. The molecule has 1 unspecified atom stereocenters. The molecule has 2 N–H and O–H groups in total. The van der Waals surface area contributed by atoms with Crippen LogP contribution in [0.5, 0.6) is 0 Å². The third-order valence-electron chi connectivity index (χ3n) is 4.69. The quantitative estimate of drug-likeness (QED) is 0.889. The van der Waals surface area contributed by atoms with Gasteiger partial charge in [0.05, 0.1) is 0 Å². The lowest BCUT2D eigenvalue weighted by molar-refractivity contribution is 0.0790. The summed E-state index contributed by atoms with van der Waals surface area (Å²) >= 11 is 0. The number of amides is 1. The van der Waals surface area contributed by atoms with Gasteiger partial charge in [0.1, 0.15) is 0 Å². The Morgan fingerprint density at radius 3 is 2.68 bits per heavy atom. The van der Waals surface area contributed by atoms with Gasteiger partial charge in [0.2, 0.25) is 0 Å². The van der Waals surface area contributed by atoms with E-state index in [-0.39, 0.29) is 11.9 Å². The number of carbonyl (C=O) groups excluding carboxylic acids is 1. The van der Waals surface area contributed by atoms with Gasteiger partial charge < -0.3 is 15.5 Å². The zero-order valence-electron chi connectivity index (χ0n) is 13.4. The molecule has 5 nitrogen and oxygen atoms in total. The van der Waals surface area contributed by atoms with Gasteiger partial charge in [-0.05, 0) is 31.2 Å². The van der Waals surface area contributed by atoms with Gasteiger partial charge >= 0.3 is 0 Å². The third-order valence-corrected chi connectivity index (χ3v) is 4.69. The van der Waals surface area contributed by atoms with E-state index in [1.165, 1.54) is 5.56 Å². The maximum Gasteiger partial charge on any atom is 0.253 e. The standard InChI is InChI=1S/C17H26N4O/c1-19-7-9-20(10-8-19)12-14-3-2-4-15(11-14)17(22)21-6-5-16(18)13-21/h2-4,11,16H,5-10,12-13,18H2,1H3. The van der Waals surface area contributed by atoms with Gasteiger partial charge in [0, 0.05) is 57.4 Å². The molecule has 0 radical (unpaired) electrons. The Balaban J connectivity index is 1.63. The van der Waals surface area contributed by atoms with Crippen molar-refractivity contribution in [3.05, 3.63) is 35.4 Å². The van der Waals surface area contributed by atoms with Crippen molar-refractivity contribution in [1.82, 2.24) is 14.7 Å². The van der Waals surface area contributed by atoms with E-state index in [2.05, 4.69) is 22.9 Å². The van der Waals surface area contributed by atoms with Crippen molar-refractivity contribution in [1.29, 1.82) is 0 Å². The highest BCUT2D eigenvalue weighted by Crippen LogP contribution is 2.15. The molecule has 2 saturated heterocycles. The highest BCUT2D eigenvalue weighted by Gasteiger charge is 2.24. The van der Waals surface area contributed by atoms with Crippen molar-refractivity contribution in [2.45, 2.75) is 19.0 Å². The molecular formula is C17H26N4O. The molecule has 1 amide bonds. The fraction of sp³-hybridized carbons (Fsp3) is 0.588. The van der Waals surface area contributed by atoms with Crippen LogP contribution >= 0.6 is 0 Å². The number of carbonyl (C=O) groups is 1. The lowest BCUT2D eigenvalue weighted by atomic mass is 10.1. The normalized spacial score (nSPS) is 23.9. The molecule has 2 fully saturated rings. The highest BCUT2D eigenvalue weighted by atomic mass is 16.2. The molecule has 3 rings (SSSR count). The first-order chi connectivity index (χ1) is 10.6. The summed E-state index contributed by atoms with van der Waals surface area (Å²) in [7, 11) is 2.16. The summed E-state index contributed by atoms with van der Waals surface area (Å²) in [5.74, 6) is 0.119. The van der Waals surface area contributed by atoms with Crippen molar-refractivity contribution >= 4 is 5.91 Å². The van der Waals surface area contributed by atoms with E-state index in [0.717, 1.165) is 51.3 Å². The molecule has 22 heavy (non-hydrogen) atoms. The first-order valence-corrected chi connectivity index (χ1v) is 8.16. The first-order valence-electron chi connectivity index (χ1n) is 8.16. The van der Waals surface area contributed by atoms with Gasteiger partial charge in [-0.2, -0.15) is 0 Å². The number of nitrogens with two attached hydrogens (primary N) is 1. The van der Waals surface area contributed by atoms with Crippen molar-refractivity contribution < 1.29 is 4.79 Å². The Labute approximate surface area is 132 Å². The number of hydrogen-bond donors (Lipinski definition) is 1. The van der Waals surface area contributed by atoms with Crippen LogP contribution in [-0.2, 0) is 6.54 Å². The Kier molecular flexibility index (Phi) is 4.76. The monoisotopic (exact) mass is 302 g/mol. The molecule has 0 aromatic heterocycles. The number of benzene rings is 1. The summed E-state index contributed by atoms with van der Waals surface area (Å²) in [5.41, 5.74) is 7.91. The van der Waals surface area contributed by atoms with Crippen molar-refractivity contribution in [3.63, 3.8) is 0 Å². The van der Waals surface area contributed by atoms with Gasteiger partial charge in [-0.15, -0.1) is 0 Å². The molecule has 2 aliphatic heterocycles. The highest BCUT2D eigenvalue weighted by molar-refractivity contribution is 5.94.